The van der Waals surface area contributed by atoms with Gasteiger partial charge in [-0.1, -0.05) is 11.6 Å². The Morgan fingerprint density at radius 1 is 1.43 bits per heavy atom. The van der Waals surface area contributed by atoms with Gasteiger partial charge in [-0.15, -0.1) is 0 Å². The number of aliphatic carboxylic acids is 1. The summed E-state index contributed by atoms with van der Waals surface area (Å²) < 4.78 is 10.2. The number of oxazole rings is 1. The molecule has 2 N–H and O–H groups in total. The Bertz CT molecular complexity index is 754. The number of benzene rings is 1. The molecule has 1 aromatic heterocycles. The van der Waals surface area contributed by atoms with Gasteiger partial charge in [0.15, 0.2) is 13.0 Å². The lowest BCUT2D eigenvalue weighted by Crippen LogP contribution is -2.13. The number of ether oxygens (including phenoxy) is 1. The van der Waals surface area contributed by atoms with Gasteiger partial charge < -0.3 is 19.6 Å². The molecule has 8 heteroatoms. The summed E-state index contributed by atoms with van der Waals surface area (Å²) in [7, 11) is 0. The standard InChI is InChI=1S/C15H13ClN2O5/c16-10-5-9(3-4-11(10)22-6-12(19)20)18-15(21)14-13(8-1-2-8)17-7-23-14/h3-5,7-8H,1-2,6H2,(H,18,21)(H,19,20). The van der Waals surface area contributed by atoms with E-state index in [1.54, 1.807) is 6.07 Å². The van der Waals surface area contributed by atoms with E-state index in [0.717, 1.165) is 12.8 Å². The normalized spacial score (nSPS) is 13.6. The lowest BCUT2D eigenvalue weighted by molar-refractivity contribution is -0.139. The fourth-order valence-corrected chi connectivity index (χ4v) is 2.33. The van der Waals surface area contributed by atoms with Crippen molar-refractivity contribution < 1.29 is 23.8 Å². The van der Waals surface area contributed by atoms with Crippen LogP contribution in [0.5, 0.6) is 5.75 Å². The third-order valence-electron chi connectivity index (χ3n) is 3.31. The van der Waals surface area contributed by atoms with E-state index in [1.165, 1.54) is 18.5 Å². The van der Waals surface area contributed by atoms with Crippen molar-refractivity contribution in [1.29, 1.82) is 0 Å². The van der Waals surface area contributed by atoms with E-state index in [1.807, 2.05) is 0 Å². The number of aromatic nitrogens is 1. The van der Waals surface area contributed by atoms with Crippen LogP contribution < -0.4 is 10.1 Å². The number of nitrogens with one attached hydrogen (secondary N) is 1. The van der Waals surface area contributed by atoms with Crippen LogP contribution in [-0.2, 0) is 4.79 Å². The Balaban J connectivity index is 1.70. The highest BCUT2D eigenvalue weighted by atomic mass is 35.5. The zero-order valence-corrected chi connectivity index (χ0v) is 12.7. The quantitative estimate of drug-likeness (QED) is 0.841. The van der Waals surface area contributed by atoms with Crippen molar-refractivity contribution in [2.75, 3.05) is 11.9 Å². The Labute approximate surface area is 136 Å². The predicted molar refractivity (Wildman–Crippen MR) is 81.0 cm³/mol. The summed E-state index contributed by atoms with van der Waals surface area (Å²) in [6, 6.07) is 4.53. The van der Waals surface area contributed by atoms with Gasteiger partial charge in [-0.25, -0.2) is 9.78 Å². The van der Waals surface area contributed by atoms with Crippen molar-refractivity contribution in [2.24, 2.45) is 0 Å². The highest BCUT2D eigenvalue weighted by Crippen LogP contribution is 2.41. The van der Waals surface area contributed by atoms with Gasteiger partial charge in [0.25, 0.3) is 5.91 Å². The predicted octanol–water partition coefficient (Wildman–Crippen LogP) is 2.92. The molecule has 1 fully saturated rings. The van der Waals surface area contributed by atoms with Crippen molar-refractivity contribution in [3.63, 3.8) is 0 Å². The Hall–Kier alpha value is -2.54. The molecule has 1 saturated carbocycles. The molecule has 0 aliphatic heterocycles. The molecule has 1 amide bonds. The number of hydrogen-bond acceptors (Lipinski definition) is 5. The largest absolute Gasteiger partial charge is 0.480 e. The van der Waals surface area contributed by atoms with Gasteiger partial charge in [0, 0.05) is 11.6 Å². The molecule has 1 aromatic carbocycles. The highest BCUT2D eigenvalue weighted by molar-refractivity contribution is 6.32. The lowest BCUT2D eigenvalue weighted by atomic mass is 10.2. The summed E-state index contributed by atoms with van der Waals surface area (Å²) in [5.74, 6) is -0.777. The van der Waals surface area contributed by atoms with Crippen molar-refractivity contribution in [3.8, 4) is 5.75 Å². The van der Waals surface area contributed by atoms with E-state index in [0.29, 0.717) is 17.3 Å². The van der Waals surface area contributed by atoms with Crippen LogP contribution in [0.2, 0.25) is 5.02 Å². The van der Waals surface area contributed by atoms with Crippen molar-refractivity contribution >= 4 is 29.2 Å². The third kappa shape index (κ3) is 3.62. The van der Waals surface area contributed by atoms with Crippen LogP contribution in [0.1, 0.15) is 35.0 Å². The molecule has 23 heavy (non-hydrogen) atoms. The highest BCUT2D eigenvalue weighted by Gasteiger charge is 2.32. The molecule has 1 aliphatic carbocycles. The molecule has 3 rings (SSSR count). The summed E-state index contributed by atoms with van der Waals surface area (Å²) >= 11 is 6.01. The number of carbonyl (C=O) groups excluding carboxylic acids is 1. The minimum atomic E-state index is -1.10. The monoisotopic (exact) mass is 336 g/mol. The molecule has 0 radical (unpaired) electrons. The number of rotatable bonds is 6. The van der Waals surface area contributed by atoms with Gasteiger partial charge in [-0.2, -0.15) is 0 Å². The SMILES string of the molecule is O=C(O)COc1ccc(NC(=O)c2ocnc2C2CC2)cc1Cl. The zero-order valence-electron chi connectivity index (χ0n) is 11.9. The second-order valence-corrected chi connectivity index (χ2v) is 5.53. The molecule has 0 atom stereocenters. The first-order valence-electron chi connectivity index (χ1n) is 6.93. The summed E-state index contributed by atoms with van der Waals surface area (Å²) in [6.07, 6.45) is 3.28. The Morgan fingerprint density at radius 3 is 2.87 bits per heavy atom. The fraction of sp³-hybridized carbons (Fsp3) is 0.267. The second kappa shape index (κ2) is 6.29. The number of nitrogens with zero attached hydrogens (tertiary/aromatic N) is 1. The first kappa shape index (κ1) is 15.4. The van der Waals surface area contributed by atoms with Gasteiger partial charge in [0.05, 0.1) is 10.7 Å². The molecule has 7 nitrogen and oxygen atoms in total. The van der Waals surface area contributed by atoms with Gasteiger partial charge in [0.1, 0.15) is 5.75 Å². The third-order valence-corrected chi connectivity index (χ3v) is 3.60. The van der Waals surface area contributed by atoms with E-state index in [-0.39, 0.29) is 16.5 Å². The molecule has 2 aromatic rings. The summed E-state index contributed by atoms with van der Waals surface area (Å²) in [5.41, 5.74) is 1.12. The van der Waals surface area contributed by atoms with Crippen molar-refractivity contribution in [2.45, 2.75) is 18.8 Å². The fourth-order valence-electron chi connectivity index (χ4n) is 2.10. The van der Waals surface area contributed by atoms with Crippen molar-refractivity contribution in [1.82, 2.24) is 4.98 Å². The molecule has 0 bridgehead atoms. The van der Waals surface area contributed by atoms with Crippen LogP contribution in [0.4, 0.5) is 5.69 Å². The minimum Gasteiger partial charge on any atom is -0.480 e. The second-order valence-electron chi connectivity index (χ2n) is 5.12. The van der Waals surface area contributed by atoms with E-state index in [9.17, 15) is 9.59 Å². The van der Waals surface area contributed by atoms with Gasteiger partial charge in [-0.05, 0) is 31.0 Å². The summed E-state index contributed by atoms with van der Waals surface area (Å²) in [6.45, 7) is -0.492. The molecule has 1 heterocycles. The van der Waals surface area contributed by atoms with E-state index >= 15 is 0 Å². The first-order valence-corrected chi connectivity index (χ1v) is 7.31. The molecule has 0 saturated heterocycles. The summed E-state index contributed by atoms with van der Waals surface area (Å²) in [5, 5.41) is 11.4. The lowest BCUT2D eigenvalue weighted by Gasteiger charge is -2.08. The molecule has 0 spiro atoms. The van der Waals surface area contributed by atoms with Crippen LogP contribution in [-0.4, -0.2) is 28.6 Å². The van der Waals surface area contributed by atoms with Gasteiger partial charge in [0.2, 0.25) is 5.76 Å². The number of amides is 1. The van der Waals surface area contributed by atoms with E-state index < -0.39 is 18.5 Å². The number of hydrogen-bond donors (Lipinski definition) is 2. The molecule has 120 valence electrons. The minimum absolute atomic E-state index is 0.198. The maximum Gasteiger partial charge on any atom is 0.341 e. The van der Waals surface area contributed by atoms with E-state index in [2.05, 4.69) is 10.3 Å². The average molecular weight is 337 g/mol. The van der Waals surface area contributed by atoms with Crippen molar-refractivity contribution in [3.05, 3.63) is 41.1 Å². The smallest absolute Gasteiger partial charge is 0.341 e. The molecule has 0 unspecified atom stereocenters. The van der Waals surface area contributed by atoms with Crippen LogP contribution in [0.25, 0.3) is 0 Å². The molecule has 1 aliphatic rings. The maximum absolute atomic E-state index is 12.2. The van der Waals surface area contributed by atoms with Gasteiger partial charge >= 0.3 is 5.97 Å². The summed E-state index contributed by atoms with van der Waals surface area (Å²) in [4.78, 5) is 26.8. The number of carboxylic acids is 1. The maximum atomic E-state index is 12.2. The Kier molecular flexibility index (Phi) is 4.20. The number of carboxylic acid groups (broad SMARTS) is 1. The topological polar surface area (TPSA) is 102 Å². The van der Waals surface area contributed by atoms with Crippen LogP contribution in [0.15, 0.2) is 29.0 Å². The van der Waals surface area contributed by atoms with E-state index in [4.69, 9.17) is 25.9 Å². The number of anilines is 1. The molecular formula is C15H13ClN2O5. The number of carbonyl (C=O) groups is 2. The number of halogens is 1. The van der Waals surface area contributed by atoms with Gasteiger partial charge in [-0.3, -0.25) is 4.79 Å². The van der Waals surface area contributed by atoms with Crippen LogP contribution in [0.3, 0.4) is 0 Å². The van der Waals surface area contributed by atoms with Crippen LogP contribution >= 0.6 is 11.6 Å². The Morgan fingerprint density at radius 2 is 2.22 bits per heavy atom. The average Bonchev–Trinajstić information content (AvgIpc) is 3.23. The first-order chi connectivity index (χ1) is 11.0. The van der Waals surface area contributed by atoms with Crippen LogP contribution in [0, 0.1) is 0 Å². The molecular weight excluding hydrogens is 324 g/mol. The zero-order chi connectivity index (χ0) is 16.4.